The summed E-state index contributed by atoms with van der Waals surface area (Å²) in [6.07, 6.45) is 3.83. The molecule has 0 aliphatic carbocycles. The molecule has 3 heterocycles. The fourth-order valence-electron chi connectivity index (χ4n) is 2.94. The van der Waals surface area contributed by atoms with E-state index < -0.39 is 0 Å². The van der Waals surface area contributed by atoms with Crippen molar-refractivity contribution in [1.82, 2.24) is 24.8 Å². The van der Waals surface area contributed by atoms with Crippen molar-refractivity contribution < 1.29 is 4.79 Å². The first-order chi connectivity index (χ1) is 10.1. The lowest BCUT2D eigenvalue weighted by Gasteiger charge is -2.32. The molecular formula is C15H21N5O. The van der Waals surface area contributed by atoms with E-state index in [-0.39, 0.29) is 5.91 Å². The second-order valence-electron chi connectivity index (χ2n) is 5.69. The van der Waals surface area contributed by atoms with Crippen LogP contribution >= 0.6 is 0 Å². The summed E-state index contributed by atoms with van der Waals surface area (Å²) < 4.78 is 1.75. The lowest BCUT2D eigenvalue weighted by atomic mass is 10.0. The van der Waals surface area contributed by atoms with E-state index in [1.807, 2.05) is 31.9 Å². The summed E-state index contributed by atoms with van der Waals surface area (Å²) in [5.41, 5.74) is 3.18. The number of aromatic nitrogens is 3. The molecule has 6 nitrogen and oxygen atoms in total. The number of aryl methyl sites for hydroxylation is 2. The van der Waals surface area contributed by atoms with Crippen molar-refractivity contribution in [3.05, 3.63) is 29.2 Å². The van der Waals surface area contributed by atoms with Crippen LogP contribution < -0.4 is 5.32 Å². The van der Waals surface area contributed by atoms with E-state index >= 15 is 0 Å². The highest BCUT2D eigenvalue weighted by Gasteiger charge is 2.25. The highest BCUT2D eigenvalue weighted by molar-refractivity contribution is 5.95. The van der Waals surface area contributed by atoms with Gasteiger partial charge in [0.15, 0.2) is 5.65 Å². The van der Waals surface area contributed by atoms with Crippen LogP contribution in [0.25, 0.3) is 5.65 Å². The summed E-state index contributed by atoms with van der Waals surface area (Å²) in [6.45, 7) is 5.42. The Bertz CT molecular complexity index is 678. The Labute approximate surface area is 124 Å². The summed E-state index contributed by atoms with van der Waals surface area (Å²) in [5, 5.41) is 7.66. The second kappa shape index (κ2) is 5.44. The molecule has 0 saturated carbocycles. The van der Waals surface area contributed by atoms with Gasteiger partial charge in [0, 0.05) is 31.4 Å². The van der Waals surface area contributed by atoms with Crippen LogP contribution in [0.2, 0.25) is 0 Å². The molecule has 1 aliphatic heterocycles. The molecule has 1 amide bonds. The number of carbonyl (C=O) groups excluding carboxylic acids is 1. The fourth-order valence-corrected chi connectivity index (χ4v) is 2.94. The number of nitrogens with one attached hydrogen (secondary N) is 1. The Balaban J connectivity index is 1.92. The number of hydrogen-bond donors (Lipinski definition) is 1. The Kier molecular flexibility index (Phi) is 3.63. The Hall–Kier alpha value is -1.95. The van der Waals surface area contributed by atoms with Gasteiger partial charge in [-0.15, -0.1) is 0 Å². The zero-order valence-electron chi connectivity index (χ0n) is 12.8. The van der Waals surface area contributed by atoms with E-state index in [4.69, 9.17) is 0 Å². The minimum absolute atomic E-state index is 0.0509. The maximum Gasteiger partial charge on any atom is 0.257 e. The largest absolute Gasteiger partial charge is 0.337 e. The molecule has 1 unspecified atom stereocenters. The average Bonchev–Trinajstić information content (AvgIpc) is 2.88. The molecule has 3 rings (SSSR count). The van der Waals surface area contributed by atoms with Gasteiger partial charge in [-0.1, -0.05) is 0 Å². The van der Waals surface area contributed by atoms with Crippen molar-refractivity contribution in [3.63, 3.8) is 0 Å². The summed E-state index contributed by atoms with van der Waals surface area (Å²) in [4.78, 5) is 19.0. The zero-order valence-corrected chi connectivity index (χ0v) is 12.8. The van der Waals surface area contributed by atoms with Crippen LogP contribution in [0.1, 0.15) is 34.6 Å². The first-order valence-corrected chi connectivity index (χ1v) is 7.38. The highest BCUT2D eigenvalue weighted by Crippen LogP contribution is 2.17. The minimum atomic E-state index is 0.0509. The Morgan fingerprint density at radius 2 is 2.24 bits per heavy atom. The van der Waals surface area contributed by atoms with E-state index in [2.05, 4.69) is 15.4 Å². The Morgan fingerprint density at radius 3 is 3.00 bits per heavy atom. The minimum Gasteiger partial charge on any atom is -0.337 e. The van der Waals surface area contributed by atoms with Crippen LogP contribution in [-0.2, 0) is 0 Å². The normalized spacial score (nSPS) is 19.2. The van der Waals surface area contributed by atoms with Crippen LogP contribution in [0.4, 0.5) is 0 Å². The van der Waals surface area contributed by atoms with Crippen LogP contribution in [0.3, 0.4) is 0 Å². The first kappa shape index (κ1) is 14.0. The number of piperidine rings is 1. The molecule has 6 heteroatoms. The SMILES string of the molecule is CNC1CCCN(C(=O)c2cnc3cc(C)nn3c2C)C1. The molecule has 1 N–H and O–H groups in total. The van der Waals surface area contributed by atoms with Gasteiger partial charge < -0.3 is 10.2 Å². The quantitative estimate of drug-likeness (QED) is 0.900. The van der Waals surface area contributed by atoms with Crippen molar-refractivity contribution in [1.29, 1.82) is 0 Å². The van der Waals surface area contributed by atoms with Gasteiger partial charge in [0.1, 0.15) is 0 Å². The van der Waals surface area contributed by atoms with Gasteiger partial charge in [0.25, 0.3) is 5.91 Å². The number of likely N-dealkylation sites (N-methyl/N-ethyl adjacent to an activating group) is 1. The molecular weight excluding hydrogens is 266 g/mol. The van der Waals surface area contributed by atoms with Gasteiger partial charge in [-0.3, -0.25) is 4.79 Å². The standard InChI is InChI=1S/C15H21N5O/c1-10-7-14-17-8-13(11(2)20(14)18-10)15(21)19-6-4-5-12(9-19)16-3/h7-8,12,16H,4-6,9H2,1-3H3. The predicted octanol–water partition coefficient (Wildman–Crippen LogP) is 1.17. The van der Waals surface area contributed by atoms with Crippen LogP contribution in [0.5, 0.6) is 0 Å². The Morgan fingerprint density at radius 1 is 1.43 bits per heavy atom. The molecule has 0 radical (unpaired) electrons. The van der Waals surface area contributed by atoms with Crippen LogP contribution in [-0.4, -0.2) is 51.6 Å². The van der Waals surface area contributed by atoms with Gasteiger partial charge in [-0.2, -0.15) is 5.10 Å². The molecule has 1 fully saturated rings. The van der Waals surface area contributed by atoms with Gasteiger partial charge >= 0.3 is 0 Å². The number of amides is 1. The predicted molar refractivity (Wildman–Crippen MR) is 80.4 cm³/mol. The van der Waals surface area contributed by atoms with Crippen molar-refractivity contribution in [2.75, 3.05) is 20.1 Å². The molecule has 2 aromatic rings. The third-order valence-electron chi connectivity index (χ3n) is 4.19. The van der Waals surface area contributed by atoms with E-state index in [1.165, 1.54) is 0 Å². The van der Waals surface area contributed by atoms with E-state index in [0.717, 1.165) is 43.0 Å². The van der Waals surface area contributed by atoms with E-state index in [9.17, 15) is 4.79 Å². The summed E-state index contributed by atoms with van der Waals surface area (Å²) in [7, 11) is 1.95. The summed E-state index contributed by atoms with van der Waals surface area (Å²) in [6, 6.07) is 2.30. The number of likely N-dealkylation sites (tertiary alicyclic amines) is 1. The van der Waals surface area contributed by atoms with E-state index in [0.29, 0.717) is 11.6 Å². The zero-order chi connectivity index (χ0) is 15.0. The smallest absolute Gasteiger partial charge is 0.257 e. The molecule has 112 valence electrons. The van der Waals surface area contributed by atoms with Crippen molar-refractivity contribution in [2.24, 2.45) is 0 Å². The molecule has 2 aromatic heterocycles. The summed E-state index contributed by atoms with van der Waals surface area (Å²) in [5.74, 6) is 0.0509. The lowest BCUT2D eigenvalue weighted by molar-refractivity contribution is 0.0696. The topological polar surface area (TPSA) is 62.5 Å². The summed E-state index contributed by atoms with van der Waals surface area (Å²) >= 11 is 0. The maximum absolute atomic E-state index is 12.7. The molecule has 0 spiro atoms. The van der Waals surface area contributed by atoms with Gasteiger partial charge in [0.05, 0.1) is 17.0 Å². The second-order valence-corrected chi connectivity index (χ2v) is 5.69. The van der Waals surface area contributed by atoms with Crippen molar-refractivity contribution in [2.45, 2.75) is 32.7 Å². The maximum atomic E-state index is 12.7. The third kappa shape index (κ3) is 2.51. The van der Waals surface area contributed by atoms with Gasteiger partial charge in [0.2, 0.25) is 0 Å². The number of rotatable bonds is 2. The van der Waals surface area contributed by atoms with E-state index in [1.54, 1.807) is 10.7 Å². The molecule has 0 bridgehead atoms. The van der Waals surface area contributed by atoms with Crippen molar-refractivity contribution >= 4 is 11.6 Å². The molecule has 1 aliphatic rings. The van der Waals surface area contributed by atoms with Gasteiger partial charge in [-0.05, 0) is 33.7 Å². The van der Waals surface area contributed by atoms with Crippen LogP contribution in [0, 0.1) is 13.8 Å². The average molecular weight is 287 g/mol. The number of nitrogens with zero attached hydrogens (tertiary/aromatic N) is 4. The van der Waals surface area contributed by atoms with Crippen LogP contribution in [0.15, 0.2) is 12.3 Å². The van der Waals surface area contributed by atoms with Crippen molar-refractivity contribution in [3.8, 4) is 0 Å². The first-order valence-electron chi connectivity index (χ1n) is 7.38. The highest BCUT2D eigenvalue weighted by atomic mass is 16.2. The molecule has 1 saturated heterocycles. The third-order valence-corrected chi connectivity index (χ3v) is 4.19. The molecule has 21 heavy (non-hydrogen) atoms. The molecule has 1 atom stereocenters. The number of carbonyl (C=O) groups is 1. The monoisotopic (exact) mass is 287 g/mol. The number of hydrogen-bond acceptors (Lipinski definition) is 4. The van der Waals surface area contributed by atoms with Gasteiger partial charge in [-0.25, -0.2) is 9.50 Å². The number of fused-ring (bicyclic) bond motifs is 1. The molecule has 0 aromatic carbocycles. The fraction of sp³-hybridized carbons (Fsp3) is 0.533. The lowest BCUT2D eigenvalue weighted by Crippen LogP contribution is -2.47.